The first-order valence-electron chi connectivity index (χ1n) is 5.74. The van der Waals surface area contributed by atoms with E-state index in [1.54, 1.807) is 0 Å². The van der Waals surface area contributed by atoms with Crippen LogP contribution in [0.5, 0.6) is 0 Å². The molecule has 0 aliphatic carbocycles. The van der Waals surface area contributed by atoms with E-state index in [2.05, 4.69) is 4.98 Å². The van der Waals surface area contributed by atoms with Gasteiger partial charge < -0.3 is 5.73 Å². The van der Waals surface area contributed by atoms with Gasteiger partial charge in [-0.2, -0.15) is 0 Å². The molecule has 3 nitrogen and oxygen atoms in total. The van der Waals surface area contributed by atoms with E-state index in [1.165, 1.54) is 23.5 Å². The van der Waals surface area contributed by atoms with Crippen LogP contribution in [0.3, 0.4) is 0 Å². The molecule has 0 spiro atoms. The molecule has 98 valence electrons. The Morgan fingerprint density at radius 3 is 2.68 bits per heavy atom. The van der Waals surface area contributed by atoms with E-state index in [-0.39, 0.29) is 0 Å². The Bertz CT molecular complexity index is 671. The van der Waals surface area contributed by atoms with Gasteiger partial charge in [0.15, 0.2) is 4.96 Å². The largest absolute Gasteiger partial charge is 0.324 e. The van der Waals surface area contributed by atoms with Crippen LogP contribution in [0.4, 0.5) is 8.78 Å². The highest BCUT2D eigenvalue weighted by atomic mass is 32.1. The molecule has 0 bridgehead atoms. The summed E-state index contributed by atoms with van der Waals surface area (Å²) < 4.78 is 28.2. The monoisotopic (exact) mass is 279 g/mol. The predicted octanol–water partition coefficient (Wildman–Crippen LogP) is 2.92. The zero-order valence-corrected chi connectivity index (χ0v) is 10.7. The van der Waals surface area contributed by atoms with Crippen molar-refractivity contribution in [2.45, 2.75) is 12.5 Å². The number of hydrogen-bond donors (Lipinski definition) is 1. The molecule has 0 aliphatic heterocycles. The minimum absolute atomic E-state index is 0.439. The summed E-state index contributed by atoms with van der Waals surface area (Å²) in [7, 11) is 0. The zero-order chi connectivity index (χ0) is 13.4. The van der Waals surface area contributed by atoms with Gasteiger partial charge in [0.05, 0.1) is 5.69 Å². The van der Waals surface area contributed by atoms with Crippen molar-refractivity contribution in [3.05, 3.63) is 58.9 Å². The second kappa shape index (κ2) is 4.71. The third-order valence-corrected chi connectivity index (χ3v) is 3.66. The van der Waals surface area contributed by atoms with Crippen LogP contribution in [-0.2, 0) is 6.42 Å². The molecule has 1 atom stereocenters. The van der Waals surface area contributed by atoms with Crippen molar-refractivity contribution in [3.8, 4) is 0 Å². The number of fused-ring (bicyclic) bond motifs is 1. The number of benzene rings is 1. The summed E-state index contributed by atoms with van der Waals surface area (Å²) in [6, 6.07) is 2.87. The van der Waals surface area contributed by atoms with E-state index in [4.69, 9.17) is 5.73 Å². The highest BCUT2D eigenvalue weighted by Crippen LogP contribution is 2.19. The maximum atomic E-state index is 13.1. The topological polar surface area (TPSA) is 43.3 Å². The first-order valence-corrected chi connectivity index (χ1v) is 6.62. The number of halogens is 2. The van der Waals surface area contributed by atoms with E-state index in [0.717, 1.165) is 16.7 Å². The van der Waals surface area contributed by atoms with Crippen LogP contribution in [-0.4, -0.2) is 9.38 Å². The van der Waals surface area contributed by atoms with Crippen molar-refractivity contribution in [1.82, 2.24) is 9.38 Å². The lowest BCUT2D eigenvalue weighted by Crippen LogP contribution is -2.14. The van der Waals surface area contributed by atoms with Gasteiger partial charge in [-0.3, -0.25) is 4.40 Å². The van der Waals surface area contributed by atoms with E-state index in [1.807, 2.05) is 22.2 Å². The minimum atomic E-state index is -0.615. The maximum Gasteiger partial charge on any atom is 0.193 e. The fourth-order valence-corrected chi connectivity index (χ4v) is 2.73. The molecule has 2 heterocycles. The molecule has 3 rings (SSSR count). The number of nitrogens with zero attached hydrogens (tertiary/aromatic N) is 2. The summed E-state index contributed by atoms with van der Waals surface area (Å²) in [5.74, 6) is -1.23. The number of aromatic nitrogens is 2. The second-order valence-electron chi connectivity index (χ2n) is 4.34. The third-order valence-electron chi connectivity index (χ3n) is 2.89. The van der Waals surface area contributed by atoms with Crippen molar-refractivity contribution in [2.75, 3.05) is 0 Å². The summed E-state index contributed by atoms with van der Waals surface area (Å²) >= 11 is 1.53. The van der Waals surface area contributed by atoms with Gasteiger partial charge in [-0.15, -0.1) is 11.3 Å². The Labute approximate surface area is 112 Å². The first kappa shape index (κ1) is 12.3. The van der Waals surface area contributed by atoms with Crippen LogP contribution in [0.15, 0.2) is 36.0 Å². The van der Waals surface area contributed by atoms with Crippen LogP contribution in [0.2, 0.25) is 0 Å². The molecular formula is C13H11F2N3S. The van der Waals surface area contributed by atoms with Gasteiger partial charge in [-0.1, -0.05) is 0 Å². The van der Waals surface area contributed by atoms with Crippen LogP contribution < -0.4 is 5.73 Å². The normalized spacial score (nSPS) is 13.0. The van der Waals surface area contributed by atoms with Gasteiger partial charge in [0.2, 0.25) is 0 Å². The van der Waals surface area contributed by atoms with Crippen molar-refractivity contribution in [3.63, 3.8) is 0 Å². The molecule has 0 aliphatic rings. The standard InChI is InChI=1S/C13H11F2N3S/c14-9-3-8(4-10(15)5-9)12(16)6-11-7-18-1-2-19-13(18)17-11/h1-5,7,12H,6,16H2. The predicted molar refractivity (Wildman–Crippen MR) is 70.1 cm³/mol. The van der Waals surface area contributed by atoms with E-state index < -0.39 is 17.7 Å². The molecule has 19 heavy (non-hydrogen) atoms. The Balaban J connectivity index is 1.84. The molecule has 6 heteroatoms. The summed E-state index contributed by atoms with van der Waals surface area (Å²) in [6.07, 6.45) is 4.22. The van der Waals surface area contributed by atoms with Gasteiger partial charge in [0.1, 0.15) is 11.6 Å². The second-order valence-corrected chi connectivity index (χ2v) is 5.21. The van der Waals surface area contributed by atoms with E-state index >= 15 is 0 Å². The summed E-state index contributed by atoms with van der Waals surface area (Å²) in [4.78, 5) is 5.28. The average molecular weight is 279 g/mol. The Morgan fingerprint density at radius 1 is 1.26 bits per heavy atom. The molecule has 0 saturated carbocycles. The molecule has 0 saturated heterocycles. The SMILES string of the molecule is NC(Cc1cn2ccsc2n1)c1cc(F)cc(F)c1. The Morgan fingerprint density at radius 2 is 2.00 bits per heavy atom. The quantitative estimate of drug-likeness (QED) is 0.801. The van der Waals surface area contributed by atoms with Gasteiger partial charge >= 0.3 is 0 Å². The third kappa shape index (κ3) is 2.50. The van der Waals surface area contributed by atoms with Gasteiger partial charge in [0, 0.05) is 36.3 Å². The molecule has 0 radical (unpaired) electrons. The smallest absolute Gasteiger partial charge is 0.193 e. The molecule has 2 N–H and O–H groups in total. The number of rotatable bonds is 3. The molecule has 1 aromatic carbocycles. The zero-order valence-electron chi connectivity index (χ0n) is 9.88. The highest BCUT2D eigenvalue weighted by molar-refractivity contribution is 7.15. The molecule has 0 amide bonds. The fraction of sp³-hybridized carbons (Fsp3) is 0.154. The van der Waals surface area contributed by atoms with Gasteiger partial charge in [0.25, 0.3) is 0 Å². The lowest BCUT2D eigenvalue weighted by Gasteiger charge is -2.10. The van der Waals surface area contributed by atoms with Gasteiger partial charge in [-0.05, 0) is 17.7 Å². The number of thiazole rings is 1. The summed E-state index contributed by atoms with van der Waals surface area (Å²) in [5, 5.41) is 1.94. The molecule has 2 aromatic heterocycles. The molecule has 0 fully saturated rings. The number of imidazole rings is 1. The minimum Gasteiger partial charge on any atom is -0.324 e. The molecule has 3 aromatic rings. The first-order chi connectivity index (χ1) is 9.11. The van der Waals surface area contributed by atoms with Crippen LogP contribution >= 0.6 is 11.3 Å². The van der Waals surface area contributed by atoms with Crippen LogP contribution in [0.25, 0.3) is 4.96 Å². The van der Waals surface area contributed by atoms with Gasteiger partial charge in [-0.25, -0.2) is 13.8 Å². The van der Waals surface area contributed by atoms with Crippen LogP contribution in [0.1, 0.15) is 17.3 Å². The van der Waals surface area contributed by atoms with Crippen molar-refractivity contribution < 1.29 is 8.78 Å². The van der Waals surface area contributed by atoms with E-state index in [9.17, 15) is 8.78 Å². The molecular weight excluding hydrogens is 268 g/mol. The maximum absolute atomic E-state index is 13.1. The summed E-state index contributed by atoms with van der Waals surface area (Å²) in [5.41, 5.74) is 7.22. The lowest BCUT2D eigenvalue weighted by molar-refractivity contribution is 0.572. The van der Waals surface area contributed by atoms with Crippen molar-refractivity contribution >= 4 is 16.3 Å². The Hall–Kier alpha value is -1.79. The fourth-order valence-electron chi connectivity index (χ4n) is 2.01. The van der Waals surface area contributed by atoms with Crippen molar-refractivity contribution in [1.29, 1.82) is 0 Å². The Kier molecular flexibility index (Phi) is 3.04. The summed E-state index contributed by atoms with van der Waals surface area (Å²) in [6.45, 7) is 0. The van der Waals surface area contributed by atoms with Crippen LogP contribution in [0, 0.1) is 11.6 Å². The lowest BCUT2D eigenvalue weighted by atomic mass is 10.0. The average Bonchev–Trinajstić information content (AvgIpc) is 2.88. The number of hydrogen-bond acceptors (Lipinski definition) is 3. The molecule has 1 unspecified atom stereocenters. The number of nitrogens with two attached hydrogens (primary N) is 1. The highest BCUT2D eigenvalue weighted by Gasteiger charge is 2.12. The van der Waals surface area contributed by atoms with Crippen molar-refractivity contribution in [2.24, 2.45) is 5.73 Å². The van der Waals surface area contributed by atoms with E-state index in [0.29, 0.717) is 12.0 Å².